The van der Waals surface area contributed by atoms with Gasteiger partial charge in [-0.15, -0.1) is 0 Å². The van der Waals surface area contributed by atoms with Crippen molar-refractivity contribution < 1.29 is 44.2 Å². The lowest BCUT2D eigenvalue weighted by molar-refractivity contribution is -0.302. The summed E-state index contributed by atoms with van der Waals surface area (Å²) in [5.74, 6) is -0.760. The number of nitrogens with one attached hydrogen (secondary N) is 1. The van der Waals surface area contributed by atoms with E-state index in [4.69, 9.17) is 14.2 Å². The van der Waals surface area contributed by atoms with Crippen molar-refractivity contribution in [3.05, 3.63) is 60.2 Å². The molecular weight excluding hydrogens is 819 g/mol. The van der Waals surface area contributed by atoms with Crippen molar-refractivity contribution in [2.75, 3.05) is 13.2 Å². The number of hydrogen-bond acceptors (Lipinski definition) is 9. The topological polar surface area (TPSA) is 155 Å². The number of hydrogen-bond donors (Lipinski definition) is 5. The van der Waals surface area contributed by atoms with Crippen LogP contribution in [0.1, 0.15) is 230 Å². The van der Waals surface area contributed by atoms with E-state index in [0.717, 1.165) is 44.9 Å². The van der Waals surface area contributed by atoms with E-state index in [9.17, 15) is 30.0 Å². The maximum atomic E-state index is 13.5. The number of ether oxygens (including phenoxy) is 3. The number of aliphatic hydroxyl groups is 4. The maximum Gasteiger partial charge on any atom is 0.338 e. The quantitative estimate of drug-likeness (QED) is 0.0245. The Balaban J connectivity index is 1.85. The predicted octanol–water partition coefficient (Wildman–Crippen LogP) is 12.1. The van der Waals surface area contributed by atoms with Gasteiger partial charge in [0.2, 0.25) is 5.91 Å². The lowest BCUT2D eigenvalue weighted by atomic mass is 9.99. The van der Waals surface area contributed by atoms with E-state index in [1.165, 1.54) is 154 Å². The Morgan fingerprint density at radius 3 is 1.52 bits per heavy atom. The van der Waals surface area contributed by atoms with E-state index in [-0.39, 0.29) is 12.5 Å². The van der Waals surface area contributed by atoms with Crippen LogP contribution < -0.4 is 5.32 Å². The summed E-state index contributed by atoms with van der Waals surface area (Å²) in [6, 6.07) is 7.82. The van der Waals surface area contributed by atoms with Crippen LogP contribution in [-0.2, 0) is 19.0 Å². The number of unbranched alkanes of at least 4 members (excludes halogenated alkanes) is 28. The van der Waals surface area contributed by atoms with Crippen LogP contribution in [-0.4, -0.2) is 88.4 Å². The molecule has 0 spiro atoms. The fourth-order valence-corrected chi connectivity index (χ4v) is 8.50. The third-order valence-corrected chi connectivity index (χ3v) is 12.7. The third kappa shape index (κ3) is 29.0. The summed E-state index contributed by atoms with van der Waals surface area (Å²) >= 11 is 0. The van der Waals surface area contributed by atoms with Crippen molar-refractivity contribution in [2.24, 2.45) is 0 Å². The largest absolute Gasteiger partial charge is 0.452 e. The van der Waals surface area contributed by atoms with Crippen molar-refractivity contribution in [3.63, 3.8) is 0 Å². The number of amides is 1. The smallest absolute Gasteiger partial charge is 0.338 e. The molecule has 10 heteroatoms. The highest BCUT2D eigenvalue weighted by Gasteiger charge is 2.44. The van der Waals surface area contributed by atoms with Gasteiger partial charge in [-0.2, -0.15) is 0 Å². The molecule has 7 atom stereocenters. The van der Waals surface area contributed by atoms with Gasteiger partial charge < -0.3 is 40.0 Å². The predicted molar refractivity (Wildman–Crippen MR) is 265 cm³/mol. The van der Waals surface area contributed by atoms with E-state index < -0.39 is 55.4 Å². The lowest BCUT2D eigenvalue weighted by Crippen LogP contribution is -2.60. The number of rotatable bonds is 42. The van der Waals surface area contributed by atoms with Crippen molar-refractivity contribution in [2.45, 2.75) is 262 Å². The fraction of sp³-hybridized carbons (Fsp3) is 0.782. The van der Waals surface area contributed by atoms with Crippen molar-refractivity contribution in [3.8, 4) is 0 Å². The van der Waals surface area contributed by atoms with Gasteiger partial charge in [0.1, 0.15) is 30.5 Å². The van der Waals surface area contributed by atoms with Gasteiger partial charge in [-0.25, -0.2) is 4.79 Å². The zero-order valence-corrected chi connectivity index (χ0v) is 41.1. The molecule has 0 radical (unpaired) electrons. The van der Waals surface area contributed by atoms with E-state index in [1.54, 1.807) is 30.3 Å². The highest BCUT2D eigenvalue weighted by Crippen LogP contribution is 2.23. The van der Waals surface area contributed by atoms with E-state index in [0.29, 0.717) is 12.0 Å². The molecule has 1 aromatic carbocycles. The number of allylic oxidation sites excluding steroid dienone is 3. The monoisotopic (exact) mass is 914 g/mol. The second-order valence-electron chi connectivity index (χ2n) is 18.6. The standard InChI is InChI=1S/C55H95NO9/c1-3-5-7-9-11-13-15-17-18-19-20-21-22-23-24-26-28-30-32-34-39-43-50(58)56-47(45-63-55-53(61)52(60)51(59)49(44-57)65-55)48(64-54(62)46-40-36-35-37-41-46)42-38-33-31-29-27-25-16-14-12-10-8-6-4-2/h17-18,35-38,40-42,47-49,51-53,55,57,59-61H,3-16,19-34,39,43-45H2,1-2H3,(H,56,58)/b18-17+,42-38+/t47-,48+,49+,51-,52-,53+,55+/m0/s1. The molecule has 0 unspecified atom stereocenters. The van der Waals surface area contributed by atoms with Crippen LogP contribution >= 0.6 is 0 Å². The van der Waals surface area contributed by atoms with Crippen LogP contribution in [0.25, 0.3) is 0 Å². The SMILES string of the molecule is CCCCCCCC/C=C/CCCCCCCCCCCCCC(=O)N[C@@H](CO[C@@H]1O[C@H](CO)[C@H](O)[C@H](O)[C@H]1O)[C@@H](/C=C/CCCCCCCCCCCCC)OC(=O)c1ccccc1. The van der Waals surface area contributed by atoms with E-state index in [2.05, 4.69) is 31.3 Å². The molecule has 1 saturated heterocycles. The molecule has 0 bridgehead atoms. The van der Waals surface area contributed by atoms with Gasteiger partial charge in [0.15, 0.2) is 6.29 Å². The van der Waals surface area contributed by atoms with Crippen molar-refractivity contribution >= 4 is 11.9 Å². The first kappa shape index (κ1) is 58.5. The summed E-state index contributed by atoms with van der Waals surface area (Å²) in [5, 5.41) is 44.1. The molecule has 1 aromatic rings. The molecule has 5 N–H and O–H groups in total. The molecule has 2 rings (SSSR count). The average molecular weight is 914 g/mol. The Morgan fingerprint density at radius 2 is 1.05 bits per heavy atom. The molecule has 0 saturated carbocycles. The Hall–Kier alpha value is -2.60. The van der Waals surface area contributed by atoms with Crippen LogP contribution in [0.3, 0.4) is 0 Å². The van der Waals surface area contributed by atoms with E-state index in [1.807, 2.05) is 12.1 Å². The molecule has 0 aliphatic carbocycles. The Kier molecular flexibility index (Phi) is 36.4. The molecule has 65 heavy (non-hydrogen) atoms. The highest BCUT2D eigenvalue weighted by molar-refractivity contribution is 5.89. The highest BCUT2D eigenvalue weighted by atomic mass is 16.7. The van der Waals surface area contributed by atoms with Crippen LogP contribution in [0.4, 0.5) is 0 Å². The van der Waals surface area contributed by atoms with Crippen molar-refractivity contribution in [1.29, 1.82) is 0 Å². The zero-order valence-electron chi connectivity index (χ0n) is 41.1. The molecule has 1 fully saturated rings. The number of benzene rings is 1. The molecule has 0 aromatic heterocycles. The van der Waals surface area contributed by atoms with Gasteiger partial charge in [-0.1, -0.05) is 204 Å². The van der Waals surface area contributed by atoms with Crippen LogP contribution in [0, 0.1) is 0 Å². The summed E-state index contributed by atoms with van der Waals surface area (Å²) in [7, 11) is 0. The van der Waals surface area contributed by atoms with Gasteiger partial charge in [0, 0.05) is 6.42 Å². The Bertz CT molecular complexity index is 1320. The number of carbonyl (C=O) groups excluding carboxylic acids is 2. The van der Waals surface area contributed by atoms with Crippen molar-refractivity contribution in [1.82, 2.24) is 5.32 Å². The first-order chi connectivity index (χ1) is 31.8. The molecule has 1 aliphatic heterocycles. The summed E-state index contributed by atoms with van der Waals surface area (Å²) in [5.41, 5.74) is 0.369. The average Bonchev–Trinajstić information content (AvgIpc) is 3.31. The molecule has 374 valence electrons. The maximum absolute atomic E-state index is 13.5. The summed E-state index contributed by atoms with van der Waals surface area (Å²) in [6.07, 6.45) is 38.6. The molecule has 1 amide bonds. The fourth-order valence-electron chi connectivity index (χ4n) is 8.50. The molecule has 1 aliphatic rings. The Morgan fingerprint density at radius 1 is 0.600 bits per heavy atom. The van der Waals surface area contributed by atoms with Gasteiger partial charge >= 0.3 is 5.97 Å². The minimum atomic E-state index is -1.61. The number of esters is 1. The van der Waals surface area contributed by atoms with Gasteiger partial charge in [-0.05, 0) is 63.2 Å². The van der Waals surface area contributed by atoms with E-state index >= 15 is 0 Å². The van der Waals surface area contributed by atoms with Gasteiger partial charge in [0.05, 0.1) is 24.8 Å². The Labute approximate surface area is 395 Å². The number of aliphatic hydroxyl groups excluding tert-OH is 4. The number of carbonyl (C=O) groups is 2. The second-order valence-corrected chi connectivity index (χ2v) is 18.6. The summed E-state index contributed by atoms with van der Waals surface area (Å²) in [6.45, 7) is 3.68. The molecule has 10 nitrogen and oxygen atoms in total. The zero-order chi connectivity index (χ0) is 47.0. The van der Waals surface area contributed by atoms with Crippen LogP contribution in [0.5, 0.6) is 0 Å². The summed E-state index contributed by atoms with van der Waals surface area (Å²) in [4.78, 5) is 26.9. The third-order valence-electron chi connectivity index (χ3n) is 12.7. The minimum absolute atomic E-state index is 0.208. The van der Waals surface area contributed by atoms with Crippen LogP contribution in [0.15, 0.2) is 54.6 Å². The summed E-state index contributed by atoms with van der Waals surface area (Å²) < 4.78 is 17.6. The molecule has 1 heterocycles. The normalized spacial score (nSPS) is 19.8. The molecular formula is C55H95NO9. The lowest BCUT2D eigenvalue weighted by Gasteiger charge is -2.40. The first-order valence-electron chi connectivity index (χ1n) is 26.6. The first-order valence-corrected chi connectivity index (χ1v) is 26.6. The second kappa shape index (κ2) is 40.5. The van der Waals surface area contributed by atoms with Gasteiger partial charge in [0.25, 0.3) is 0 Å². The minimum Gasteiger partial charge on any atom is -0.452 e. The van der Waals surface area contributed by atoms with Crippen LogP contribution in [0.2, 0.25) is 0 Å². The van der Waals surface area contributed by atoms with Gasteiger partial charge in [-0.3, -0.25) is 4.79 Å².